The van der Waals surface area contributed by atoms with Crippen LogP contribution >= 0.6 is 22.7 Å². The van der Waals surface area contributed by atoms with E-state index in [1.165, 1.54) is 14.6 Å². The second-order valence-corrected chi connectivity index (χ2v) is 6.26. The van der Waals surface area contributed by atoms with E-state index in [1.54, 1.807) is 22.7 Å². The van der Waals surface area contributed by atoms with E-state index >= 15 is 0 Å². The van der Waals surface area contributed by atoms with Gasteiger partial charge in [0.05, 0.1) is 11.7 Å². The minimum atomic E-state index is -0.0531. The van der Waals surface area contributed by atoms with Gasteiger partial charge in [-0.05, 0) is 32.4 Å². The predicted octanol–water partition coefficient (Wildman–Crippen LogP) is 3.43. The lowest BCUT2D eigenvalue weighted by Crippen LogP contribution is -2.09. The molecule has 2 N–H and O–H groups in total. The highest BCUT2D eigenvalue weighted by atomic mass is 32.1. The van der Waals surface area contributed by atoms with Crippen LogP contribution < -0.4 is 5.73 Å². The third-order valence-corrected chi connectivity index (χ3v) is 5.12. The van der Waals surface area contributed by atoms with Crippen LogP contribution in [-0.2, 0) is 6.42 Å². The number of thiazole rings is 1. The molecule has 1 unspecified atom stereocenters. The van der Waals surface area contributed by atoms with Gasteiger partial charge in [0, 0.05) is 14.6 Å². The molecule has 16 heavy (non-hydrogen) atoms. The third-order valence-electron chi connectivity index (χ3n) is 2.65. The van der Waals surface area contributed by atoms with Crippen molar-refractivity contribution in [2.24, 2.45) is 5.73 Å². The number of rotatable bonds is 3. The van der Waals surface area contributed by atoms with Crippen molar-refractivity contribution in [3.63, 3.8) is 0 Å². The summed E-state index contributed by atoms with van der Waals surface area (Å²) in [6.07, 6.45) is 1.08. The summed E-state index contributed by atoms with van der Waals surface area (Å²) in [5.74, 6) is 0. The zero-order valence-electron chi connectivity index (χ0n) is 9.78. The lowest BCUT2D eigenvalue weighted by atomic mass is 10.2. The van der Waals surface area contributed by atoms with Crippen molar-refractivity contribution in [2.45, 2.75) is 33.2 Å². The summed E-state index contributed by atoms with van der Waals surface area (Å²) < 4.78 is 0. The van der Waals surface area contributed by atoms with Gasteiger partial charge in [-0.15, -0.1) is 22.7 Å². The fourth-order valence-electron chi connectivity index (χ4n) is 1.50. The van der Waals surface area contributed by atoms with Crippen LogP contribution in [-0.4, -0.2) is 4.98 Å². The molecule has 0 aliphatic heterocycles. The number of aromatic nitrogens is 1. The Labute approximate surface area is 104 Å². The van der Waals surface area contributed by atoms with E-state index in [0.717, 1.165) is 17.1 Å². The Morgan fingerprint density at radius 1 is 1.31 bits per heavy atom. The molecule has 2 nitrogen and oxygen atoms in total. The number of hydrogen-bond acceptors (Lipinski definition) is 4. The minimum absolute atomic E-state index is 0.0531. The van der Waals surface area contributed by atoms with E-state index in [9.17, 15) is 0 Å². The van der Waals surface area contributed by atoms with Crippen molar-refractivity contribution >= 4 is 22.7 Å². The average Bonchev–Trinajstić information content (AvgIpc) is 2.86. The van der Waals surface area contributed by atoms with E-state index < -0.39 is 0 Å². The first-order valence-electron chi connectivity index (χ1n) is 5.40. The molecule has 86 valence electrons. The maximum absolute atomic E-state index is 6.22. The Kier molecular flexibility index (Phi) is 3.42. The molecule has 0 saturated heterocycles. The Morgan fingerprint density at radius 2 is 2.06 bits per heavy atom. The molecule has 0 aromatic carbocycles. The second kappa shape index (κ2) is 4.65. The minimum Gasteiger partial charge on any atom is -0.318 e. The Bertz CT molecular complexity index is 465. The van der Waals surface area contributed by atoms with Crippen molar-refractivity contribution in [3.05, 3.63) is 37.5 Å². The SMILES string of the molecule is CCc1ccc(C(N)c2nc(C)c(C)s2)s1. The first-order chi connectivity index (χ1) is 7.61. The molecule has 0 aliphatic carbocycles. The molecule has 2 aromatic heterocycles. The molecule has 2 aromatic rings. The molecule has 0 saturated carbocycles. The molecule has 0 spiro atoms. The highest BCUT2D eigenvalue weighted by Crippen LogP contribution is 2.30. The topological polar surface area (TPSA) is 38.9 Å². The molecule has 0 radical (unpaired) electrons. The van der Waals surface area contributed by atoms with Gasteiger partial charge in [-0.25, -0.2) is 4.98 Å². The lowest BCUT2D eigenvalue weighted by molar-refractivity contribution is 0.871. The largest absolute Gasteiger partial charge is 0.318 e. The van der Waals surface area contributed by atoms with Crippen LogP contribution in [0.5, 0.6) is 0 Å². The molecule has 0 fully saturated rings. The normalized spacial score (nSPS) is 13.0. The van der Waals surface area contributed by atoms with E-state index in [1.807, 2.05) is 6.92 Å². The monoisotopic (exact) mass is 252 g/mol. The van der Waals surface area contributed by atoms with Crippen molar-refractivity contribution in [2.75, 3.05) is 0 Å². The summed E-state index contributed by atoms with van der Waals surface area (Å²) in [5, 5.41) is 1.03. The maximum Gasteiger partial charge on any atom is 0.115 e. The molecule has 2 heterocycles. The molecular formula is C12H16N2S2. The summed E-state index contributed by atoms with van der Waals surface area (Å²) in [5.41, 5.74) is 7.32. The molecule has 2 rings (SSSR count). The fraction of sp³-hybridized carbons (Fsp3) is 0.417. The van der Waals surface area contributed by atoms with E-state index in [0.29, 0.717) is 0 Å². The van der Waals surface area contributed by atoms with Crippen molar-refractivity contribution < 1.29 is 0 Å². The average molecular weight is 252 g/mol. The molecule has 0 bridgehead atoms. The fourth-order valence-corrected chi connectivity index (χ4v) is 3.48. The van der Waals surface area contributed by atoms with Gasteiger partial charge in [0.25, 0.3) is 0 Å². The van der Waals surface area contributed by atoms with Gasteiger partial charge in [0.1, 0.15) is 5.01 Å². The van der Waals surface area contributed by atoms with Crippen LogP contribution in [0.1, 0.15) is 38.3 Å². The molecule has 1 atom stereocenters. The summed E-state index contributed by atoms with van der Waals surface area (Å²) in [7, 11) is 0. The van der Waals surface area contributed by atoms with Crippen molar-refractivity contribution in [3.8, 4) is 0 Å². The van der Waals surface area contributed by atoms with Gasteiger partial charge in [-0.2, -0.15) is 0 Å². The molecule has 0 aliphatic rings. The Morgan fingerprint density at radius 3 is 2.56 bits per heavy atom. The van der Waals surface area contributed by atoms with Gasteiger partial charge in [-0.3, -0.25) is 0 Å². The summed E-state index contributed by atoms with van der Waals surface area (Å²) >= 11 is 3.50. The zero-order valence-corrected chi connectivity index (χ0v) is 11.4. The van der Waals surface area contributed by atoms with E-state index in [4.69, 9.17) is 5.73 Å². The van der Waals surface area contributed by atoms with Gasteiger partial charge in [0.15, 0.2) is 0 Å². The smallest absolute Gasteiger partial charge is 0.115 e. The highest BCUT2D eigenvalue weighted by Gasteiger charge is 2.15. The first-order valence-corrected chi connectivity index (χ1v) is 7.03. The van der Waals surface area contributed by atoms with Crippen molar-refractivity contribution in [1.82, 2.24) is 4.98 Å². The highest BCUT2D eigenvalue weighted by molar-refractivity contribution is 7.13. The zero-order chi connectivity index (χ0) is 11.7. The molecule has 0 amide bonds. The number of aryl methyl sites for hydroxylation is 3. The van der Waals surface area contributed by atoms with Gasteiger partial charge < -0.3 is 5.73 Å². The van der Waals surface area contributed by atoms with Gasteiger partial charge in [-0.1, -0.05) is 6.92 Å². The number of nitrogens with zero attached hydrogens (tertiary/aromatic N) is 1. The van der Waals surface area contributed by atoms with Crippen LogP contribution in [0.2, 0.25) is 0 Å². The van der Waals surface area contributed by atoms with Crippen molar-refractivity contribution in [1.29, 1.82) is 0 Å². The molecule has 4 heteroatoms. The molecular weight excluding hydrogens is 236 g/mol. The summed E-state index contributed by atoms with van der Waals surface area (Å²) in [6, 6.07) is 4.23. The summed E-state index contributed by atoms with van der Waals surface area (Å²) in [6.45, 7) is 6.29. The van der Waals surface area contributed by atoms with Crippen LogP contribution in [0, 0.1) is 13.8 Å². The number of nitrogens with two attached hydrogens (primary N) is 1. The Hall–Kier alpha value is -0.710. The van der Waals surface area contributed by atoms with Crippen LogP contribution in [0.15, 0.2) is 12.1 Å². The Balaban J connectivity index is 2.27. The maximum atomic E-state index is 6.22. The first kappa shape index (κ1) is 11.8. The standard InChI is InChI=1S/C12H16N2S2/c1-4-9-5-6-10(16-9)11(13)12-14-7(2)8(3)15-12/h5-6,11H,4,13H2,1-3H3. The quantitative estimate of drug-likeness (QED) is 0.909. The lowest BCUT2D eigenvalue weighted by Gasteiger charge is -2.04. The third kappa shape index (κ3) is 2.19. The van der Waals surface area contributed by atoms with Crippen LogP contribution in [0.4, 0.5) is 0 Å². The van der Waals surface area contributed by atoms with Crippen LogP contribution in [0.25, 0.3) is 0 Å². The number of hydrogen-bond donors (Lipinski definition) is 1. The second-order valence-electron chi connectivity index (χ2n) is 3.83. The summed E-state index contributed by atoms with van der Waals surface area (Å²) in [4.78, 5) is 8.38. The van der Waals surface area contributed by atoms with Gasteiger partial charge >= 0.3 is 0 Å². The van der Waals surface area contributed by atoms with E-state index in [2.05, 4.69) is 31.0 Å². The van der Waals surface area contributed by atoms with E-state index in [-0.39, 0.29) is 6.04 Å². The number of thiophene rings is 1. The van der Waals surface area contributed by atoms with Crippen LogP contribution in [0.3, 0.4) is 0 Å². The van der Waals surface area contributed by atoms with Gasteiger partial charge in [0.2, 0.25) is 0 Å². The predicted molar refractivity (Wildman–Crippen MR) is 71.3 cm³/mol.